The number of fused-ring (bicyclic) bond motifs is 3. The molecule has 0 radical (unpaired) electrons. The van der Waals surface area contributed by atoms with E-state index >= 15 is 0 Å². The minimum Gasteiger partial charge on any atom is -0.481 e. The summed E-state index contributed by atoms with van der Waals surface area (Å²) in [6, 6.07) is -1.08. The van der Waals surface area contributed by atoms with E-state index in [4.69, 9.17) is 29.4 Å². The SMILES string of the molecule is C[C@@H]1CC=CC=CC=CC=C[C@@H](O[C@@H]2O[C@H](C)[C@@H](O)[C@H](N)[C@H]2O)C[C@@H]2O[C@](O)(C[C@@H](O)C[C@@H]3O[C@@H]3C=CC(=O)O1)C[C@H](O)[C@@H]2C(=O)O. The number of nitrogens with two attached hydrogens (primary N) is 1. The largest absolute Gasteiger partial charge is 0.481 e. The monoisotopic (exact) mass is 665 g/mol. The second kappa shape index (κ2) is 16.6. The van der Waals surface area contributed by atoms with Gasteiger partial charge in [0.15, 0.2) is 12.1 Å². The number of esters is 1. The number of hydrogen-bond acceptors (Lipinski definition) is 13. The zero-order chi connectivity index (χ0) is 34.3. The topological polar surface area (TPSA) is 231 Å². The van der Waals surface area contributed by atoms with Gasteiger partial charge < -0.3 is 60.1 Å². The summed E-state index contributed by atoms with van der Waals surface area (Å²) >= 11 is 0. The fourth-order valence-electron chi connectivity index (χ4n) is 6.00. The minimum atomic E-state index is -2.10. The van der Waals surface area contributed by atoms with E-state index in [1.54, 1.807) is 56.4 Å². The summed E-state index contributed by atoms with van der Waals surface area (Å²) in [6.07, 6.45) is 5.25. The molecule has 3 saturated heterocycles. The lowest BCUT2D eigenvalue weighted by Crippen LogP contribution is -2.61. The summed E-state index contributed by atoms with van der Waals surface area (Å²) < 4.78 is 28.5. The number of ether oxygens (including phenoxy) is 5. The standard InChI is InChI=1S/C33H47NO13/c1-18-10-8-6-4-3-5-7-9-11-21(45-32-30(39)28(34)29(38)19(2)44-32)15-25-27(31(40)41)22(36)17-33(42,47-25)16-20(35)14-24-23(46-24)12-13-26(37)43-18/h3-9,11-13,18-25,27-30,32,35-36,38-39,42H,10,14-17,34H2,1-2H3,(H,40,41)/t18-,19-,20+,21-,22+,23-,24+,25+,27+,28+,29-,30-,32+,33-/m1/s1. The van der Waals surface area contributed by atoms with Crippen molar-refractivity contribution in [2.24, 2.45) is 11.7 Å². The zero-order valence-electron chi connectivity index (χ0n) is 26.4. The number of aliphatic hydroxyl groups excluding tert-OH is 4. The molecule has 8 N–H and O–H groups in total. The molecule has 14 atom stereocenters. The van der Waals surface area contributed by atoms with E-state index in [0.29, 0.717) is 6.42 Å². The van der Waals surface area contributed by atoms with Gasteiger partial charge in [-0.15, -0.1) is 0 Å². The van der Waals surface area contributed by atoms with Gasteiger partial charge in [0.1, 0.15) is 24.2 Å². The van der Waals surface area contributed by atoms with Gasteiger partial charge in [-0.2, -0.15) is 0 Å². The second-order valence-corrected chi connectivity index (χ2v) is 12.6. The highest BCUT2D eigenvalue weighted by Crippen LogP contribution is 2.39. The summed E-state index contributed by atoms with van der Waals surface area (Å²) in [5, 5.41) is 63.9. The van der Waals surface area contributed by atoms with E-state index in [2.05, 4.69) is 0 Å². The Hall–Kier alpha value is -2.76. The first kappa shape index (κ1) is 37.1. The summed E-state index contributed by atoms with van der Waals surface area (Å²) in [5.74, 6) is -5.45. The molecule has 14 heteroatoms. The molecule has 262 valence electrons. The van der Waals surface area contributed by atoms with Crippen molar-refractivity contribution in [1.29, 1.82) is 0 Å². The van der Waals surface area contributed by atoms with Crippen molar-refractivity contribution in [3.8, 4) is 0 Å². The fourth-order valence-corrected chi connectivity index (χ4v) is 6.00. The average Bonchev–Trinajstić information content (AvgIpc) is 3.72. The maximum atomic E-state index is 12.3. The van der Waals surface area contributed by atoms with Crippen LogP contribution in [0.5, 0.6) is 0 Å². The van der Waals surface area contributed by atoms with Crippen molar-refractivity contribution in [2.45, 2.75) is 125 Å². The first-order valence-corrected chi connectivity index (χ1v) is 15.9. The predicted octanol–water partition coefficient (Wildman–Crippen LogP) is 0.120. The summed E-state index contributed by atoms with van der Waals surface area (Å²) in [4.78, 5) is 24.4. The number of aliphatic carboxylic acids is 1. The summed E-state index contributed by atoms with van der Waals surface area (Å²) in [7, 11) is 0. The molecule has 4 aliphatic rings. The van der Waals surface area contributed by atoms with Crippen LogP contribution in [0.2, 0.25) is 0 Å². The van der Waals surface area contributed by atoms with E-state index in [0.717, 1.165) is 0 Å². The Morgan fingerprint density at radius 3 is 2.36 bits per heavy atom. The van der Waals surface area contributed by atoms with Crippen molar-refractivity contribution >= 4 is 11.9 Å². The molecule has 0 saturated carbocycles. The second-order valence-electron chi connectivity index (χ2n) is 12.6. The minimum absolute atomic E-state index is 0.0789. The Morgan fingerprint density at radius 1 is 0.936 bits per heavy atom. The van der Waals surface area contributed by atoms with Gasteiger partial charge in [0.25, 0.3) is 0 Å². The molecule has 14 nitrogen and oxygen atoms in total. The Morgan fingerprint density at radius 2 is 1.64 bits per heavy atom. The molecule has 3 fully saturated rings. The normalized spacial score (nSPS) is 43.8. The molecule has 0 aromatic rings. The molecule has 4 rings (SSSR count). The molecule has 0 aliphatic carbocycles. The quantitative estimate of drug-likeness (QED) is 0.157. The Kier molecular flexibility index (Phi) is 13.1. The highest BCUT2D eigenvalue weighted by molar-refractivity contribution is 5.82. The lowest BCUT2D eigenvalue weighted by Gasteiger charge is -2.45. The lowest BCUT2D eigenvalue weighted by molar-refractivity contribution is -0.308. The van der Waals surface area contributed by atoms with Crippen LogP contribution < -0.4 is 5.73 Å². The van der Waals surface area contributed by atoms with Crippen LogP contribution in [-0.4, -0.2) is 122 Å². The van der Waals surface area contributed by atoms with Crippen molar-refractivity contribution in [3.05, 3.63) is 60.8 Å². The van der Waals surface area contributed by atoms with Crippen LogP contribution in [0, 0.1) is 5.92 Å². The number of carbonyl (C=O) groups is 2. The van der Waals surface area contributed by atoms with E-state index in [1.807, 2.05) is 6.08 Å². The number of hydrogen-bond donors (Lipinski definition) is 7. The van der Waals surface area contributed by atoms with Crippen LogP contribution >= 0.6 is 0 Å². The van der Waals surface area contributed by atoms with E-state index in [1.165, 1.54) is 12.2 Å². The number of carbonyl (C=O) groups excluding carboxylic acids is 1. The van der Waals surface area contributed by atoms with Crippen LogP contribution in [0.25, 0.3) is 0 Å². The maximum absolute atomic E-state index is 12.3. The predicted molar refractivity (Wildman–Crippen MR) is 165 cm³/mol. The van der Waals surface area contributed by atoms with Gasteiger partial charge in [-0.05, 0) is 19.9 Å². The molecule has 0 amide bonds. The molecular formula is C33H47NO13. The van der Waals surface area contributed by atoms with Crippen molar-refractivity contribution in [1.82, 2.24) is 0 Å². The number of epoxide rings is 1. The molecule has 0 aromatic carbocycles. The third-order valence-corrected chi connectivity index (χ3v) is 8.58. The number of carboxylic acids is 1. The zero-order valence-corrected chi connectivity index (χ0v) is 26.4. The average molecular weight is 666 g/mol. The smallest absolute Gasteiger partial charge is 0.330 e. The van der Waals surface area contributed by atoms with Crippen LogP contribution in [0.1, 0.15) is 46.0 Å². The Balaban J connectivity index is 1.58. The maximum Gasteiger partial charge on any atom is 0.330 e. The fraction of sp³-hybridized carbons (Fsp3) is 0.636. The molecule has 47 heavy (non-hydrogen) atoms. The van der Waals surface area contributed by atoms with Crippen LogP contribution in [0.15, 0.2) is 60.8 Å². The Labute approximate surface area is 273 Å². The van der Waals surface area contributed by atoms with Crippen molar-refractivity contribution < 1.29 is 63.9 Å². The van der Waals surface area contributed by atoms with Gasteiger partial charge in [-0.3, -0.25) is 4.79 Å². The highest BCUT2D eigenvalue weighted by Gasteiger charge is 2.51. The molecule has 0 aromatic heterocycles. The van der Waals surface area contributed by atoms with Crippen molar-refractivity contribution in [2.75, 3.05) is 0 Å². The van der Waals surface area contributed by atoms with Gasteiger partial charge in [0.2, 0.25) is 0 Å². The first-order chi connectivity index (χ1) is 22.3. The van der Waals surface area contributed by atoms with Crippen molar-refractivity contribution in [3.63, 3.8) is 0 Å². The highest BCUT2D eigenvalue weighted by atomic mass is 16.7. The molecule has 0 spiro atoms. The van der Waals surface area contributed by atoms with Gasteiger partial charge in [0, 0.05) is 38.2 Å². The summed E-state index contributed by atoms with van der Waals surface area (Å²) in [6.45, 7) is 3.34. The van der Waals surface area contributed by atoms with Gasteiger partial charge in [-0.25, -0.2) is 4.79 Å². The number of rotatable bonds is 3. The van der Waals surface area contributed by atoms with E-state index < -0.39 is 97.3 Å². The Bertz CT molecular complexity index is 1220. The molecule has 2 bridgehead atoms. The molecule has 4 heterocycles. The third kappa shape index (κ3) is 10.6. The van der Waals surface area contributed by atoms with Crippen LogP contribution in [0.4, 0.5) is 0 Å². The van der Waals surface area contributed by atoms with Gasteiger partial charge in [-0.1, -0.05) is 48.6 Å². The summed E-state index contributed by atoms with van der Waals surface area (Å²) in [5.41, 5.74) is 5.98. The van der Waals surface area contributed by atoms with E-state index in [-0.39, 0.29) is 25.4 Å². The van der Waals surface area contributed by atoms with E-state index in [9.17, 15) is 40.2 Å². The number of aliphatic hydroxyl groups is 5. The molecular weight excluding hydrogens is 618 g/mol. The van der Waals surface area contributed by atoms with Gasteiger partial charge >= 0.3 is 11.9 Å². The number of cyclic esters (lactones) is 1. The molecule has 4 aliphatic heterocycles. The van der Waals surface area contributed by atoms with Crippen LogP contribution in [-0.2, 0) is 33.3 Å². The van der Waals surface area contributed by atoms with Gasteiger partial charge in [0.05, 0.1) is 48.8 Å². The number of carboxylic acid groups (broad SMARTS) is 1. The van der Waals surface area contributed by atoms with Crippen LogP contribution in [0.3, 0.4) is 0 Å². The lowest BCUT2D eigenvalue weighted by atomic mass is 9.83. The number of allylic oxidation sites excluding steroid dienone is 6. The first-order valence-electron chi connectivity index (χ1n) is 15.9. The third-order valence-electron chi connectivity index (χ3n) is 8.58. The molecule has 0 unspecified atom stereocenters.